The van der Waals surface area contributed by atoms with Gasteiger partial charge in [0.25, 0.3) is 5.89 Å². The van der Waals surface area contributed by atoms with Gasteiger partial charge in [0.2, 0.25) is 5.82 Å². The molecule has 0 spiro atoms. The van der Waals surface area contributed by atoms with Crippen molar-refractivity contribution in [3.8, 4) is 28.6 Å². The van der Waals surface area contributed by atoms with Gasteiger partial charge in [-0.15, -0.1) is 0 Å². The molecule has 23 heavy (non-hydrogen) atoms. The molecule has 0 N–H and O–H groups in total. The zero-order valence-corrected chi connectivity index (χ0v) is 13.3. The second-order valence-corrected chi connectivity index (χ2v) is 5.17. The third kappa shape index (κ3) is 3.39. The SMILES string of the molecule is CCCc1ccc(OCC)c(-c2nc(-c3ccncc3)no2)c1. The number of pyridine rings is 1. The van der Waals surface area contributed by atoms with Gasteiger partial charge in [-0.05, 0) is 43.2 Å². The molecule has 2 heterocycles. The number of rotatable bonds is 6. The zero-order chi connectivity index (χ0) is 16.1. The van der Waals surface area contributed by atoms with Gasteiger partial charge in [-0.1, -0.05) is 24.6 Å². The Morgan fingerprint density at radius 3 is 2.65 bits per heavy atom. The fraction of sp³-hybridized carbons (Fsp3) is 0.278. The third-order valence-corrected chi connectivity index (χ3v) is 3.48. The lowest BCUT2D eigenvalue weighted by Crippen LogP contribution is -1.96. The Kier molecular flexibility index (Phi) is 4.66. The summed E-state index contributed by atoms with van der Waals surface area (Å²) in [5.41, 5.74) is 2.94. The summed E-state index contributed by atoms with van der Waals surface area (Å²) in [7, 11) is 0. The maximum absolute atomic E-state index is 5.70. The first-order chi connectivity index (χ1) is 11.3. The molecule has 0 aliphatic heterocycles. The van der Waals surface area contributed by atoms with E-state index in [1.54, 1.807) is 12.4 Å². The van der Waals surface area contributed by atoms with E-state index in [9.17, 15) is 0 Å². The van der Waals surface area contributed by atoms with Gasteiger partial charge in [-0.2, -0.15) is 4.98 Å². The van der Waals surface area contributed by atoms with Crippen LogP contribution in [0.15, 0.2) is 47.2 Å². The molecule has 1 aromatic carbocycles. The maximum Gasteiger partial charge on any atom is 0.262 e. The van der Waals surface area contributed by atoms with E-state index in [1.807, 2.05) is 25.1 Å². The first-order valence-electron chi connectivity index (χ1n) is 7.82. The molecule has 2 aromatic heterocycles. The highest BCUT2D eigenvalue weighted by Crippen LogP contribution is 2.31. The Labute approximate surface area is 135 Å². The number of aryl methyl sites for hydroxylation is 1. The summed E-state index contributed by atoms with van der Waals surface area (Å²) in [4.78, 5) is 8.51. The van der Waals surface area contributed by atoms with Gasteiger partial charge in [0, 0.05) is 18.0 Å². The van der Waals surface area contributed by atoms with Crippen molar-refractivity contribution in [1.82, 2.24) is 15.1 Å². The minimum absolute atomic E-state index is 0.471. The van der Waals surface area contributed by atoms with E-state index in [4.69, 9.17) is 9.26 Å². The number of ether oxygens (including phenoxy) is 1. The average Bonchev–Trinajstić information content (AvgIpc) is 3.07. The highest BCUT2D eigenvalue weighted by molar-refractivity contribution is 5.66. The smallest absolute Gasteiger partial charge is 0.262 e. The van der Waals surface area contributed by atoms with Crippen LogP contribution in [0.4, 0.5) is 0 Å². The lowest BCUT2D eigenvalue weighted by atomic mass is 10.1. The fourth-order valence-electron chi connectivity index (χ4n) is 2.42. The van der Waals surface area contributed by atoms with Crippen LogP contribution in [0.2, 0.25) is 0 Å². The van der Waals surface area contributed by atoms with E-state index in [0.717, 1.165) is 29.7 Å². The first-order valence-corrected chi connectivity index (χ1v) is 7.82. The van der Waals surface area contributed by atoms with Gasteiger partial charge >= 0.3 is 0 Å². The Balaban J connectivity index is 2.00. The molecular weight excluding hydrogens is 290 g/mol. The quantitative estimate of drug-likeness (QED) is 0.684. The zero-order valence-electron chi connectivity index (χ0n) is 13.3. The second kappa shape index (κ2) is 7.05. The molecule has 3 rings (SSSR count). The molecule has 0 amide bonds. The minimum atomic E-state index is 0.471. The van der Waals surface area contributed by atoms with Gasteiger partial charge in [-0.3, -0.25) is 4.98 Å². The van der Waals surface area contributed by atoms with Gasteiger partial charge in [0.05, 0.1) is 12.2 Å². The van der Waals surface area contributed by atoms with Crippen LogP contribution in [0.5, 0.6) is 5.75 Å². The van der Waals surface area contributed by atoms with Crippen LogP contribution in [0.3, 0.4) is 0 Å². The molecule has 0 aliphatic rings. The Morgan fingerprint density at radius 1 is 1.09 bits per heavy atom. The number of hydrogen-bond acceptors (Lipinski definition) is 5. The van der Waals surface area contributed by atoms with Crippen LogP contribution in [0.25, 0.3) is 22.8 Å². The van der Waals surface area contributed by atoms with E-state index in [1.165, 1.54) is 5.56 Å². The van der Waals surface area contributed by atoms with Crippen LogP contribution in [0.1, 0.15) is 25.8 Å². The molecule has 0 fully saturated rings. The van der Waals surface area contributed by atoms with Crippen molar-refractivity contribution in [1.29, 1.82) is 0 Å². The summed E-state index contributed by atoms with van der Waals surface area (Å²) in [6.07, 6.45) is 5.50. The van der Waals surface area contributed by atoms with E-state index in [2.05, 4.69) is 34.2 Å². The van der Waals surface area contributed by atoms with Gasteiger partial charge in [0.15, 0.2) is 0 Å². The van der Waals surface area contributed by atoms with Gasteiger partial charge < -0.3 is 9.26 Å². The Bertz CT molecular complexity index is 769. The summed E-state index contributed by atoms with van der Waals surface area (Å²) < 4.78 is 11.2. The molecule has 118 valence electrons. The van der Waals surface area contributed by atoms with Crippen molar-refractivity contribution in [2.45, 2.75) is 26.7 Å². The molecule has 3 aromatic rings. The average molecular weight is 309 g/mol. The van der Waals surface area contributed by atoms with Crippen LogP contribution in [0, 0.1) is 0 Å². The first kappa shape index (κ1) is 15.2. The standard InChI is InChI=1S/C18H19N3O2/c1-3-5-13-6-7-16(22-4-2)15(12-13)18-20-17(21-23-18)14-8-10-19-11-9-14/h6-12H,3-5H2,1-2H3. The van der Waals surface area contributed by atoms with Gasteiger partial charge in [0.1, 0.15) is 5.75 Å². The van der Waals surface area contributed by atoms with Crippen molar-refractivity contribution in [3.63, 3.8) is 0 Å². The molecule has 0 radical (unpaired) electrons. The summed E-state index contributed by atoms with van der Waals surface area (Å²) in [5, 5.41) is 4.07. The number of benzene rings is 1. The van der Waals surface area contributed by atoms with E-state index in [0.29, 0.717) is 18.3 Å². The van der Waals surface area contributed by atoms with Crippen molar-refractivity contribution >= 4 is 0 Å². The molecule has 0 saturated carbocycles. The topological polar surface area (TPSA) is 61.0 Å². The Hall–Kier alpha value is -2.69. The second-order valence-electron chi connectivity index (χ2n) is 5.17. The molecule has 5 nitrogen and oxygen atoms in total. The molecule has 0 saturated heterocycles. The lowest BCUT2D eigenvalue weighted by molar-refractivity contribution is 0.339. The number of hydrogen-bond donors (Lipinski definition) is 0. The molecule has 0 atom stereocenters. The number of nitrogens with zero attached hydrogens (tertiary/aromatic N) is 3. The third-order valence-electron chi connectivity index (χ3n) is 3.48. The van der Waals surface area contributed by atoms with Crippen LogP contribution in [-0.2, 0) is 6.42 Å². The van der Waals surface area contributed by atoms with Crippen molar-refractivity contribution in [2.75, 3.05) is 6.61 Å². The predicted molar refractivity (Wildman–Crippen MR) is 88.1 cm³/mol. The highest BCUT2D eigenvalue weighted by atomic mass is 16.5. The van der Waals surface area contributed by atoms with E-state index >= 15 is 0 Å². The van der Waals surface area contributed by atoms with E-state index in [-0.39, 0.29) is 0 Å². The maximum atomic E-state index is 5.70. The monoisotopic (exact) mass is 309 g/mol. The molecular formula is C18H19N3O2. The molecule has 0 aliphatic carbocycles. The largest absolute Gasteiger partial charge is 0.493 e. The van der Waals surface area contributed by atoms with E-state index < -0.39 is 0 Å². The highest BCUT2D eigenvalue weighted by Gasteiger charge is 2.15. The predicted octanol–water partition coefficient (Wildman–Crippen LogP) is 4.15. The number of aromatic nitrogens is 3. The van der Waals surface area contributed by atoms with Crippen molar-refractivity contribution in [3.05, 3.63) is 48.3 Å². The molecule has 5 heteroatoms. The normalized spacial score (nSPS) is 10.7. The minimum Gasteiger partial charge on any atom is -0.493 e. The summed E-state index contributed by atoms with van der Waals surface area (Å²) in [5.74, 6) is 1.78. The Morgan fingerprint density at radius 2 is 1.91 bits per heavy atom. The van der Waals surface area contributed by atoms with Crippen molar-refractivity contribution in [2.24, 2.45) is 0 Å². The molecule has 0 bridgehead atoms. The van der Waals surface area contributed by atoms with Crippen molar-refractivity contribution < 1.29 is 9.26 Å². The summed E-state index contributed by atoms with van der Waals surface area (Å²) >= 11 is 0. The van der Waals surface area contributed by atoms with Crippen LogP contribution in [-0.4, -0.2) is 21.7 Å². The van der Waals surface area contributed by atoms with Gasteiger partial charge in [-0.25, -0.2) is 0 Å². The summed E-state index contributed by atoms with van der Waals surface area (Å²) in [6.45, 7) is 4.70. The van der Waals surface area contributed by atoms with Crippen LogP contribution < -0.4 is 4.74 Å². The molecule has 0 unspecified atom stereocenters. The lowest BCUT2D eigenvalue weighted by Gasteiger charge is -2.09. The fourth-order valence-corrected chi connectivity index (χ4v) is 2.42. The van der Waals surface area contributed by atoms with Crippen LogP contribution >= 0.6 is 0 Å². The summed E-state index contributed by atoms with van der Waals surface area (Å²) in [6, 6.07) is 9.83.